The summed E-state index contributed by atoms with van der Waals surface area (Å²) in [6.07, 6.45) is 0. The van der Waals surface area contributed by atoms with Crippen molar-refractivity contribution >= 4 is 22.9 Å². The van der Waals surface area contributed by atoms with Crippen LogP contribution in [0.2, 0.25) is 0 Å². The minimum absolute atomic E-state index is 0.394. The van der Waals surface area contributed by atoms with Gasteiger partial charge in [0.1, 0.15) is 0 Å². The molecule has 0 radical (unpaired) electrons. The maximum Gasteiger partial charge on any atom is 0.283 e. The number of amides is 1. The second-order valence-electron chi connectivity index (χ2n) is 2.11. The lowest BCUT2D eigenvalue weighted by Gasteiger charge is -1.98. The van der Waals surface area contributed by atoms with Crippen LogP contribution in [-0.2, 0) is 4.79 Å². The van der Waals surface area contributed by atoms with E-state index in [9.17, 15) is 9.90 Å². The first-order valence-electron chi connectivity index (χ1n) is 2.76. The van der Waals surface area contributed by atoms with E-state index in [-0.39, 0.29) is 0 Å². The third-order valence-corrected chi connectivity index (χ3v) is 2.08. The molecule has 0 unspecified atom stereocenters. The lowest BCUT2D eigenvalue weighted by atomic mass is 10.3. The van der Waals surface area contributed by atoms with Crippen LogP contribution in [0.15, 0.2) is 15.5 Å². The van der Waals surface area contributed by atoms with Gasteiger partial charge in [-0.1, -0.05) is 17.3 Å². The highest BCUT2D eigenvalue weighted by Crippen LogP contribution is 2.26. The van der Waals surface area contributed by atoms with Gasteiger partial charge in [-0.3, -0.25) is 4.79 Å². The van der Waals surface area contributed by atoms with Crippen LogP contribution in [-0.4, -0.2) is 11.1 Å². The molecular weight excluding hydrogens is 150 g/mol. The zero-order valence-electron chi connectivity index (χ0n) is 5.67. The predicted molar refractivity (Wildman–Crippen MR) is 38.4 cm³/mol. The highest BCUT2D eigenvalue weighted by molar-refractivity contribution is 8.18. The number of carbonyl (C=O) groups excluding carboxylic acids is 1. The van der Waals surface area contributed by atoms with E-state index >= 15 is 0 Å². The number of thioether (sulfide) groups is 1. The molecule has 1 rings (SSSR count). The molecule has 0 saturated carbocycles. The molecule has 0 bridgehead atoms. The van der Waals surface area contributed by atoms with Crippen molar-refractivity contribution in [1.82, 2.24) is 0 Å². The Kier molecular flexibility index (Phi) is 1.80. The second kappa shape index (κ2) is 2.46. The van der Waals surface area contributed by atoms with Gasteiger partial charge in [-0.05, 0) is 13.8 Å². The number of hydrogen-bond donors (Lipinski definition) is 0. The molecule has 0 saturated heterocycles. The second-order valence-corrected chi connectivity index (χ2v) is 3.08. The fraction of sp³-hybridized carbons (Fsp3) is 0.333. The van der Waals surface area contributed by atoms with Crippen LogP contribution in [0.3, 0.4) is 0 Å². The van der Waals surface area contributed by atoms with Crippen molar-refractivity contribution in [3.8, 4) is 0 Å². The molecule has 0 fully saturated rings. The monoisotopic (exact) mass is 156 g/mol. The van der Waals surface area contributed by atoms with E-state index in [2.05, 4.69) is 4.99 Å². The summed E-state index contributed by atoms with van der Waals surface area (Å²) < 4.78 is 0. The molecule has 0 aromatic rings. The van der Waals surface area contributed by atoms with Crippen molar-refractivity contribution in [2.24, 2.45) is 4.99 Å². The van der Waals surface area contributed by atoms with Crippen molar-refractivity contribution < 1.29 is 9.90 Å². The highest BCUT2D eigenvalue weighted by atomic mass is 32.2. The van der Waals surface area contributed by atoms with E-state index in [0.717, 1.165) is 17.3 Å². The number of nitrogens with zero attached hydrogens (tertiary/aromatic N) is 1. The standard InChI is InChI=1S/C6H7NO2S/c1-3(2)4-5(8)7-6(9)10-4/h1-2H3,(H,7,8,9)/p-1. The average molecular weight is 156 g/mol. The van der Waals surface area contributed by atoms with Crippen LogP contribution in [0.5, 0.6) is 0 Å². The number of allylic oxidation sites excluding steroid dienone is 1. The van der Waals surface area contributed by atoms with Gasteiger partial charge in [0.05, 0.1) is 4.91 Å². The van der Waals surface area contributed by atoms with Crippen LogP contribution >= 0.6 is 11.8 Å². The fourth-order valence-corrected chi connectivity index (χ4v) is 1.24. The third-order valence-electron chi connectivity index (χ3n) is 1.03. The molecular formula is C6H6NO2S-. The molecule has 0 spiro atoms. The van der Waals surface area contributed by atoms with Gasteiger partial charge in [0.25, 0.3) is 5.91 Å². The molecule has 0 atom stereocenters. The number of hydrogen-bond acceptors (Lipinski definition) is 3. The molecule has 54 valence electrons. The van der Waals surface area contributed by atoms with E-state index in [0.29, 0.717) is 4.91 Å². The smallest absolute Gasteiger partial charge is 0.283 e. The van der Waals surface area contributed by atoms with E-state index in [1.807, 2.05) is 0 Å². The lowest BCUT2D eigenvalue weighted by molar-refractivity contribution is -0.205. The van der Waals surface area contributed by atoms with Gasteiger partial charge in [-0.25, -0.2) is 4.99 Å². The summed E-state index contributed by atoms with van der Waals surface area (Å²) >= 11 is 0.906. The summed E-state index contributed by atoms with van der Waals surface area (Å²) in [5.74, 6) is -0.394. The number of aliphatic imine (C=N–C) groups is 1. The van der Waals surface area contributed by atoms with Gasteiger partial charge in [-0.2, -0.15) is 0 Å². The van der Waals surface area contributed by atoms with Gasteiger partial charge in [0, 0.05) is 5.23 Å². The Hall–Kier alpha value is -0.770. The molecule has 0 N–H and O–H groups in total. The SMILES string of the molecule is CC(C)=C1SC([O-])=NC1=O. The van der Waals surface area contributed by atoms with Crippen LogP contribution < -0.4 is 5.11 Å². The summed E-state index contributed by atoms with van der Waals surface area (Å²) in [6.45, 7) is 3.57. The average Bonchev–Trinajstić information content (AvgIpc) is 2.10. The molecule has 4 heteroatoms. The zero-order valence-corrected chi connectivity index (χ0v) is 6.49. The van der Waals surface area contributed by atoms with E-state index < -0.39 is 11.1 Å². The summed E-state index contributed by atoms with van der Waals surface area (Å²) in [6, 6.07) is 0. The molecule has 10 heavy (non-hydrogen) atoms. The van der Waals surface area contributed by atoms with E-state index in [1.165, 1.54) is 0 Å². The van der Waals surface area contributed by atoms with Crippen LogP contribution in [0.4, 0.5) is 0 Å². The minimum atomic E-state index is -0.402. The predicted octanol–water partition coefficient (Wildman–Crippen LogP) is 0.270. The molecule has 0 aliphatic carbocycles. The van der Waals surface area contributed by atoms with Crippen molar-refractivity contribution in [2.75, 3.05) is 0 Å². The number of carbonyl (C=O) groups is 1. The Morgan fingerprint density at radius 3 is 2.40 bits per heavy atom. The summed E-state index contributed by atoms with van der Waals surface area (Å²) in [4.78, 5) is 14.5. The molecule has 1 aliphatic rings. The summed E-state index contributed by atoms with van der Waals surface area (Å²) in [5.41, 5.74) is 0.851. The first-order chi connectivity index (χ1) is 4.61. The largest absolute Gasteiger partial charge is 0.853 e. The Morgan fingerprint density at radius 1 is 1.60 bits per heavy atom. The summed E-state index contributed by atoms with van der Waals surface area (Å²) in [7, 11) is 0. The Labute approximate surface area is 62.8 Å². The Balaban J connectivity index is 2.94. The maximum absolute atomic E-state index is 10.8. The van der Waals surface area contributed by atoms with E-state index in [4.69, 9.17) is 0 Å². The van der Waals surface area contributed by atoms with Crippen LogP contribution in [0, 0.1) is 0 Å². The summed E-state index contributed by atoms with van der Waals surface area (Å²) in [5, 5.41) is 10.1. The quantitative estimate of drug-likeness (QED) is 0.473. The van der Waals surface area contributed by atoms with Crippen molar-refractivity contribution in [3.63, 3.8) is 0 Å². The van der Waals surface area contributed by atoms with Crippen molar-refractivity contribution in [3.05, 3.63) is 10.5 Å². The molecule has 1 aliphatic heterocycles. The molecule has 1 amide bonds. The Bertz CT molecular complexity index is 238. The highest BCUT2D eigenvalue weighted by Gasteiger charge is 2.16. The Morgan fingerprint density at radius 2 is 2.20 bits per heavy atom. The van der Waals surface area contributed by atoms with Crippen LogP contribution in [0.25, 0.3) is 0 Å². The zero-order chi connectivity index (χ0) is 7.72. The maximum atomic E-state index is 10.8. The van der Waals surface area contributed by atoms with Gasteiger partial charge >= 0.3 is 0 Å². The normalized spacial score (nSPS) is 17.6. The van der Waals surface area contributed by atoms with Crippen LogP contribution in [0.1, 0.15) is 13.8 Å². The van der Waals surface area contributed by atoms with Crippen molar-refractivity contribution in [2.45, 2.75) is 13.8 Å². The van der Waals surface area contributed by atoms with Gasteiger partial charge in [-0.15, -0.1) is 0 Å². The topological polar surface area (TPSA) is 52.5 Å². The molecule has 0 aromatic carbocycles. The first-order valence-corrected chi connectivity index (χ1v) is 3.58. The number of rotatable bonds is 0. The lowest BCUT2D eigenvalue weighted by Crippen LogP contribution is -2.08. The van der Waals surface area contributed by atoms with E-state index in [1.54, 1.807) is 13.8 Å². The molecule has 1 heterocycles. The molecule has 0 aromatic heterocycles. The fourth-order valence-electron chi connectivity index (χ4n) is 0.603. The van der Waals surface area contributed by atoms with Gasteiger partial charge in [0.15, 0.2) is 0 Å². The van der Waals surface area contributed by atoms with Gasteiger partial charge in [0.2, 0.25) is 0 Å². The molecule has 3 nitrogen and oxygen atoms in total. The van der Waals surface area contributed by atoms with Gasteiger partial charge < -0.3 is 5.11 Å². The third kappa shape index (κ3) is 1.21. The van der Waals surface area contributed by atoms with Crippen molar-refractivity contribution in [1.29, 1.82) is 0 Å². The first kappa shape index (κ1) is 7.34. The minimum Gasteiger partial charge on any atom is -0.853 e.